The van der Waals surface area contributed by atoms with E-state index in [4.69, 9.17) is 10.5 Å². The molecule has 1 amide bonds. The minimum atomic E-state index is -0.400. The van der Waals surface area contributed by atoms with Gasteiger partial charge in [-0.3, -0.25) is 4.79 Å². The Hall–Kier alpha value is 0.0300. The number of carbonyl (C=O) groups excluding carboxylic acids is 1. The van der Waals surface area contributed by atoms with Crippen LogP contribution in [0, 0.1) is 0 Å². The van der Waals surface area contributed by atoms with E-state index in [2.05, 4.69) is 12.2 Å². The number of thioether (sulfide) groups is 1. The summed E-state index contributed by atoms with van der Waals surface area (Å²) in [5.41, 5.74) is 5.81. The van der Waals surface area contributed by atoms with Crippen molar-refractivity contribution in [3.8, 4) is 0 Å². The van der Waals surface area contributed by atoms with Gasteiger partial charge in [0.1, 0.15) is 0 Å². The van der Waals surface area contributed by atoms with Gasteiger partial charge in [0.05, 0.1) is 18.7 Å². The molecule has 1 unspecified atom stereocenters. The Morgan fingerprint density at radius 3 is 2.61 bits per heavy atom. The summed E-state index contributed by atoms with van der Waals surface area (Å²) in [7, 11) is 1.65. The van der Waals surface area contributed by atoms with Crippen molar-refractivity contribution in [1.29, 1.82) is 0 Å². The molecule has 18 heavy (non-hydrogen) atoms. The molecule has 0 aromatic heterocycles. The summed E-state index contributed by atoms with van der Waals surface area (Å²) in [6.07, 6.45) is 5.90. The van der Waals surface area contributed by atoms with Crippen molar-refractivity contribution in [1.82, 2.24) is 5.32 Å². The van der Waals surface area contributed by atoms with Crippen molar-refractivity contribution in [3.05, 3.63) is 0 Å². The molecule has 0 aromatic rings. The maximum absolute atomic E-state index is 11.8. The maximum Gasteiger partial charge on any atom is 0.237 e. The Morgan fingerprint density at radius 2 is 2.11 bits per heavy atom. The lowest BCUT2D eigenvalue weighted by atomic mass is 10.1. The highest BCUT2D eigenvalue weighted by Crippen LogP contribution is 2.03. The molecule has 0 saturated carbocycles. The number of hydrogen-bond acceptors (Lipinski definition) is 4. The highest BCUT2D eigenvalue weighted by Gasteiger charge is 2.17. The van der Waals surface area contributed by atoms with Crippen molar-refractivity contribution in [2.75, 3.05) is 25.7 Å². The topological polar surface area (TPSA) is 64.3 Å². The van der Waals surface area contributed by atoms with E-state index >= 15 is 0 Å². The number of nitrogens with one attached hydrogen (secondary N) is 1. The number of unbranched alkanes of at least 4 members (excludes halogenated alkanes) is 1. The van der Waals surface area contributed by atoms with Crippen LogP contribution in [0.25, 0.3) is 0 Å². The molecule has 0 saturated heterocycles. The number of ether oxygens (including phenoxy) is 1. The zero-order valence-corrected chi connectivity index (χ0v) is 13.2. The minimum absolute atomic E-state index is 0. The molecule has 0 radical (unpaired) electrons. The number of amides is 1. The van der Waals surface area contributed by atoms with Crippen LogP contribution < -0.4 is 11.1 Å². The number of carbonyl (C=O) groups is 1. The summed E-state index contributed by atoms with van der Waals surface area (Å²) in [5.74, 6) is 0.857. The fourth-order valence-electron chi connectivity index (χ4n) is 1.53. The number of nitrogens with two attached hydrogens (primary N) is 1. The quantitative estimate of drug-likeness (QED) is 0.646. The van der Waals surface area contributed by atoms with Gasteiger partial charge in [-0.15, -0.1) is 12.4 Å². The molecule has 110 valence electrons. The van der Waals surface area contributed by atoms with Crippen molar-refractivity contribution in [2.24, 2.45) is 5.73 Å². The summed E-state index contributed by atoms with van der Waals surface area (Å²) in [6.45, 7) is 2.69. The highest BCUT2D eigenvalue weighted by molar-refractivity contribution is 7.98. The highest BCUT2D eigenvalue weighted by atomic mass is 35.5. The molecule has 0 aliphatic heterocycles. The first-order valence-electron chi connectivity index (χ1n) is 6.19. The van der Waals surface area contributed by atoms with Crippen LogP contribution >= 0.6 is 24.2 Å². The second kappa shape index (κ2) is 13.5. The SMILES string of the molecule is CCCCC(COC)NC(=O)[C@@H](N)CCSC.Cl. The molecule has 0 aliphatic rings. The van der Waals surface area contributed by atoms with Crippen LogP contribution in [0.3, 0.4) is 0 Å². The number of methoxy groups -OCH3 is 1. The molecule has 0 fully saturated rings. The van der Waals surface area contributed by atoms with Gasteiger partial charge in [-0.2, -0.15) is 11.8 Å². The Kier molecular flexibility index (Phi) is 15.2. The smallest absolute Gasteiger partial charge is 0.237 e. The van der Waals surface area contributed by atoms with Gasteiger partial charge in [0.25, 0.3) is 0 Å². The van der Waals surface area contributed by atoms with Gasteiger partial charge in [0.15, 0.2) is 0 Å². The lowest BCUT2D eigenvalue weighted by Crippen LogP contribution is -2.47. The van der Waals surface area contributed by atoms with Crippen molar-refractivity contribution in [3.63, 3.8) is 0 Å². The molecule has 3 N–H and O–H groups in total. The van der Waals surface area contributed by atoms with Gasteiger partial charge < -0.3 is 15.8 Å². The molecule has 0 spiro atoms. The van der Waals surface area contributed by atoms with Crippen LogP contribution in [0.15, 0.2) is 0 Å². The number of halogens is 1. The monoisotopic (exact) mass is 298 g/mol. The molecule has 0 aliphatic carbocycles. The Morgan fingerprint density at radius 1 is 1.44 bits per heavy atom. The van der Waals surface area contributed by atoms with Gasteiger partial charge >= 0.3 is 0 Å². The summed E-state index contributed by atoms with van der Waals surface area (Å²) in [5, 5.41) is 2.96. The Bertz CT molecular complexity index is 209. The van der Waals surface area contributed by atoms with Crippen LogP contribution in [0.5, 0.6) is 0 Å². The van der Waals surface area contributed by atoms with Gasteiger partial charge in [-0.25, -0.2) is 0 Å². The lowest BCUT2D eigenvalue weighted by molar-refractivity contribution is -0.123. The van der Waals surface area contributed by atoms with E-state index in [0.29, 0.717) is 6.61 Å². The minimum Gasteiger partial charge on any atom is -0.383 e. The summed E-state index contributed by atoms with van der Waals surface area (Å²) in [6, 6.07) is -0.309. The van der Waals surface area contributed by atoms with E-state index in [1.807, 2.05) is 6.26 Å². The molecular weight excluding hydrogens is 272 g/mol. The Labute approximate surface area is 121 Å². The van der Waals surface area contributed by atoms with Gasteiger partial charge in [-0.05, 0) is 24.9 Å². The molecule has 2 atom stereocenters. The molecule has 0 aromatic carbocycles. The fourth-order valence-corrected chi connectivity index (χ4v) is 2.02. The normalized spacial score (nSPS) is 13.6. The zero-order valence-electron chi connectivity index (χ0n) is 11.6. The average molecular weight is 299 g/mol. The molecular formula is C12H27ClN2O2S. The van der Waals surface area contributed by atoms with Crippen LogP contribution in [-0.2, 0) is 9.53 Å². The summed E-state index contributed by atoms with van der Waals surface area (Å²) < 4.78 is 5.10. The molecule has 6 heteroatoms. The van der Waals surface area contributed by atoms with Gasteiger partial charge in [0, 0.05) is 7.11 Å². The van der Waals surface area contributed by atoms with E-state index in [1.54, 1.807) is 18.9 Å². The second-order valence-electron chi connectivity index (χ2n) is 4.19. The number of hydrogen-bond donors (Lipinski definition) is 2. The van der Waals surface area contributed by atoms with Crippen molar-refractivity contribution < 1.29 is 9.53 Å². The number of rotatable bonds is 10. The van der Waals surface area contributed by atoms with Gasteiger partial charge in [0.2, 0.25) is 5.91 Å². The van der Waals surface area contributed by atoms with E-state index in [9.17, 15) is 4.79 Å². The van der Waals surface area contributed by atoms with Crippen molar-refractivity contribution in [2.45, 2.75) is 44.7 Å². The zero-order chi connectivity index (χ0) is 13.1. The van der Waals surface area contributed by atoms with E-state index < -0.39 is 6.04 Å². The van der Waals surface area contributed by atoms with Gasteiger partial charge in [-0.1, -0.05) is 19.8 Å². The van der Waals surface area contributed by atoms with Crippen molar-refractivity contribution >= 4 is 30.1 Å². The standard InChI is InChI=1S/C12H26N2O2S.ClH/c1-4-5-6-10(9-16-2)14-12(15)11(13)7-8-17-3;/h10-11H,4-9,13H2,1-3H3,(H,14,15);1H/t10?,11-;/m0./s1. The third kappa shape index (κ3) is 10.00. The first-order chi connectivity index (χ1) is 8.15. The van der Waals surface area contributed by atoms with E-state index in [-0.39, 0.29) is 24.4 Å². The third-order valence-electron chi connectivity index (χ3n) is 2.59. The molecule has 0 heterocycles. The molecule has 4 nitrogen and oxygen atoms in total. The largest absolute Gasteiger partial charge is 0.383 e. The first-order valence-corrected chi connectivity index (χ1v) is 7.58. The predicted octanol–water partition coefficient (Wildman–Crippen LogP) is 1.81. The maximum atomic E-state index is 11.8. The second-order valence-corrected chi connectivity index (χ2v) is 5.18. The van der Waals surface area contributed by atoms with Crippen LogP contribution in [0.4, 0.5) is 0 Å². The average Bonchev–Trinajstić information content (AvgIpc) is 2.33. The van der Waals surface area contributed by atoms with Crippen LogP contribution in [0.1, 0.15) is 32.6 Å². The van der Waals surface area contributed by atoms with Crippen LogP contribution in [-0.4, -0.2) is 43.7 Å². The predicted molar refractivity (Wildman–Crippen MR) is 81.6 cm³/mol. The van der Waals surface area contributed by atoms with E-state index in [1.165, 1.54) is 0 Å². The fraction of sp³-hybridized carbons (Fsp3) is 0.917. The lowest BCUT2D eigenvalue weighted by Gasteiger charge is -2.20. The first kappa shape index (κ1) is 20.3. The van der Waals surface area contributed by atoms with Crippen LogP contribution in [0.2, 0.25) is 0 Å². The summed E-state index contributed by atoms with van der Waals surface area (Å²) in [4.78, 5) is 11.8. The van der Waals surface area contributed by atoms with E-state index in [0.717, 1.165) is 31.4 Å². The Balaban J connectivity index is 0. The third-order valence-corrected chi connectivity index (χ3v) is 3.23. The molecule has 0 rings (SSSR count). The summed E-state index contributed by atoms with van der Waals surface area (Å²) >= 11 is 1.71. The molecule has 0 bridgehead atoms.